The standard InChI is InChI=1S/C19H19BrN2OS2/c1-13(15-7-4-5-9-17(15)20)22-18(23)16-8-3-2-6-14(16)12-25-19-21-10-11-24-19/h2-9,13H,10-12H2,1H3,(H,22,23). The van der Waals surface area contributed by atoms with Gasteiger partial charge in [0, 0.05) is 21.5 Å². The van der Waals surface area contributed by atoms with E-state index in [1.165, 1.54) is 0 Å². The van der Waals surface area contributed by atoms with E-state index in [1.54, 1.807) is 23.5 Å². The zero-order chi connectivity index (χ0) is 17.6. The molecule has 0 saturated heterocycles. The summed E-state index contributed by atoms with van der Waals surface area (Å²) in [5.41, 5.74) is 2.84. The number of rotatable bonds is 5. The third-order valence-corrected chi connectivity index (χ3v) is 6.91. The van der Waals surface area contributed by atoms with Crippen molar-refractivity contribution >= 4 is 49.7 Å². The van der Waals surface area contributed by atoms with Crippen LogP contribution in [0.1, 0.15) is 34.5 Å². The first-order valence-electron chi connectivity index (χ1n) is 8.08. The number of hydrogen-bond donors (Lipinski definition) is 1. The van der Waals surface area contributed by atoms with Gasteiger partial charge in [-0.15, -0.1) is 0 Å². The highest BCUT2D eigenvalue weighted by Crippen LogP contribution is 2.27. The lowest BCUT2D eigenvalue weighted by atomic mass is 10.1. The number of amides is 1. The predicted molar refractivity (Wildman–Crippen MR) is 113 cm³/mol. The van der Waals surface area contributed by atoms with Crippen LogP contribution in [-0.4, -0.2) is 22.6 Å². The molecule has 25 heavy (non-hydrogen) atoms. The summed E-state index contributed by atoms with van der Waals surface area (Å²) in [6, 6.07) is 15.7. The summed E-state index contributed by atoms with van der Waals surface area (Å²) < 4.78 is 2.12. The molecular formula is C19H19BrN2OS2. The largest absolute Gasteiger partial charge is 0.345 e. The predicted octanol–water partition coefficient (Wildman–Crippen LogP) is 5.28. The molecule has 1 aliphatic heterocycles. The van der Waals surface area contributed by atoms with E-state index in [0.29, 0.717) is 0 Å². The summed E-state index contributed by atoms with van der Waals surface area (Å²) in [7, 11) is 0. The van der Waals surface area contributed by atoms with Crippen LogP contribution in [0.25, 0.3) is 0 Å². The van der Waals surface area contributed by atoms with Crippen molar-refractivity contribution in [3.05, 3.63) is 69.7 Å². The van der Waals surface area contributed by atoms with Crippen LogP contribution in [0.2, 0.25) is 0 Å². The third kappa shape index (κ3) is 4.90. The van der Waals surface area contributed by atoms with E-state index in [1.807, 2.05) is 55.5 Å². The molecule has 0 bridgehead atoms. The molecule has 0 aliphatic carbocycles. The quantitative estimate of drug-likeness (QED) is 0.695. The lowest BCUT2D eigenvalue weighted by molar-refractivity contribution is 0.0939. The van der Waals surface area contributed by atoms with Gasteiger partial charge in [0.2, 0.25) is 0 Å². The second-order valence-electron chi connectivity index (χ2n) is 5.66. The summed E-state index contributed by atoms with van der Waals surface area (Å²) in [5.74, 6) is 1.78. The number of nitrogens with one attached hydrogen (secondary N) is 1. The Morgan fingerprint density at radius 2 is 2.04 bits per heavy atom. The van der Waals surface area contributed by atoms with Gasteiger partial charge in [-0.05, 0) is 30.2 Å². The number of carbonyl (C=O) groups is 1. The number of nitrogens with zero attached hydrogens (tertiary/aromatic N) is 1. The highest BCUT2D eigenvalue weighted by atomic mass is 79.9. The maximum absolute atomic E-state index is 12.8. The van der Waals surface area contributed by atoms with Crippen molar-refractivity contribution < 1.29 is 4.79 Å². The van der Waals surface area contributed by atoms with Gasteiger partial charge in [0.1, 0.15) is 4.38 Å². The van der Waals surface area contributed by atoms with Crippen LogP contribution < -0.4 is 5.32 Å². The van der Waals surface area contributed by atoms with Gasteiger partial charge in [-0.3, -0.25) is 9.79 Å². The molecule has 1 heterocycles. The summed E-state index contributed by atoms with van der Waals surface area (Å²) >= 11 is 7.05. The van der Waals surface area contributed by atoms with Crippen LogP contribution in [0.5, 0.6) is 0 Å². The van der Waals surface area contributed by atoms with Crippen molar-refractivity contribution in [2.75, 3.05) is 12.3 Å². The third-order valence-electron chi connectivity index (χ3n) is 3.89. The SMILES string of the molecule is CC(NC(=O)c1ccccc1CSC1=NCCS1)c1ccccc1Br. The number of thioether (sulfide) groups is 2. The Bertz CT molecular complexity index is 794. The fourth-order valence-electron chi connectivity index (χ4n) is 2.59. The highest BCUT2D eigenvalue weighted by Gasteiger charge is 2.17. The Balaban J connectivity index is 1.70. The van der Waals surface area contributed by atoms with Crippen LogP contribution in [0.15, 0.2) is 58.0 Å². The van der Waals surface area contributed by atoms with Gasteiger partial charge in [0.05, 0.1) is 12.6 Å². The molecule has 1 aliphatic rings. The van der Waals surface area contributed by atoms with E-state index in [4.69, 9.17) is 0 Å². The monoisotopic (exact) mass is 434 g/mol. The zero-order valence-electron chi connectivity index (χ0n) is 13.9. The van der Waals surface area contributed by atoms with Crippen molar-refractivity contribution in [1.82, 2.24) is 5.32 Å². The van der Waals surface area contributed by atoms with Gasteiger partial charge in [-0.1, -0.05) is 75.9 Å². The van der Waals surface area contributed by atoms with Crippen molar-refractivity contribution in [3.8, 4) is 0 Å². The molecule has 2 aromatic rings. The van der Waals surface area contributed by atoms with Gasteiger partial charge in [-0.25, -0.2) is 0 Å². The van der Waals surface area contributed by atoms with Crippen molar-refractivity contribution in [2.45, 2.75) is 18.7 Å². The fraction of sp³-hybridized carbons (Fsp3) is 0.263. The number of hydrogen-bond acceptors (Lipinski definition) is 4. The van der Waals surface area contributed by atoms with Gasteiger partial charge in [0.15, 0.2) is 0 Å². The molecule has 2 aromatic carbocycles. The molecule has 1 unspecified atom stereocenters. The van der Waals surface area contributed by atoms with Crippen LogP contribution in [0, 0.1) is 0 Å². The Labute approximate surface area is 165 Å². The maximum Gasteiger partial charge on any atom is 0.252 e. The molecule has 3 rings (SSSR count). The minimum atomic E-state index is -0.0708. The molecule has 130 valence electrons. The molecule has 0 spiro atoms. The molecule has 1 amide bonds. The van der Waals surface area contributed by atoms with Crippen LogP contribution in [0.4, 0.5) is 0 Å². The van der Waals surface area contributed by atoms with Crippen molar-refractivity contribution in [1.29, 1.82) is 0 Å². The molecule has 0 fully saturated rings. The smallest absolute Gasteiger partial charge is 0.252 e. The highest BCUT2D eigenvalue weighted by molar-refractivity contribution is 9.10. The van der Waals surface area contributed by atoms with Crippen molar-refractivity contribution in [2.24, 2.45) is 4.99 Å². The van der Waals surface area contributed by atoms with Gasteiger partial charge in [-0.2, -0.15) is 0 Å². The molecule has 0 radical (unpaired) electrons. The molecule has 1 N–H and O–H groups in total. The first-order chi connectivity index (χ1) is 12.1. The molecule has 0 saturated carbocycles. The number of carbonyl (C=O) groups excluding carboxylic acids is 1. The van der Waals surface area contributed by atoms with Crippen LogP contribution in [0.3, 0.4) is 0 Å². The van der Waals surface area contributed by atoms with E-state index in [9.17, 15) is 4.79 Å². The van der Waals surface area contributed by atoms with E-state index >= 15 is 0 Å². The summed E-state index contributed by atoms with van der Waals surface area (Å²) in [6.45, 7) is 2.90. The topological polar surface area (TPSA) is 41.5 Å². The average molecular weight is 435 g/mol. The average Bonchev–Trinajstić information content (AvgIpc) is 3.14. The van der Waals surface area contributed by atoms with Gasteiger partial charge < -0.3 is 5.32 Å². The number of benzene rings is 2. The normalized spacial score (nSPS) is 14.9. The lowest BCUT2D eigenvalue weighted by Crippen LogP contribution is -2.27. The minimum Gasteiger partial charge on any atom is -0.345 e. The van der Waals surface area contributed by atoms with E-state index in [0.717, 1.165) is 43.6 Å². The summed E-state index contributed by atoms with van der Waals surface area (Å²) in [6.07, 6.45) is 0. The molecule has 0 aromatic heterocycles. The minimum absolute atomic E-state index is 0.0412. The van der Waals surface area contributed by atoms with Gasteiger partial charge >= 0.3 is 0 Å². The zero-order valence-corrected chi connectivity index (χ0v) is 17.1. The van der Waals surface area contributed by atoms with E-state index in [2.05, 4.69) is 26.2 Å². The lowest BCUT2D eigenvalue weighted by Gasteiger charge is -2.17. The number of halogens is 1. The first-order valence-corrected chi connectivity index (χ1v) is 10.8. The maximum atomic E-state index is 12.8. The Morgan fingerprint density at radius 3 is 2.80 bits per heavy atom. The first kappa shape index (κ1) is 18.5. The molecule has 6 heteroatoms. The molecule has 1 atom stereocenters. The van der Waals surface area contributed by atoms with Crippen molar-refractivity contribution in [3.63, 3.8) is 0 Å². The van der Waals surface area contributed by atoms with Crippen LogP contribution >= 0.6 is 39.5 Å². The van der Waals surface area contributed by atoms with Gasteiger partial charge in [0.25, 0.3) is 5.91 Å². The number of aliphatic imine (C=N–C) groups is 1. The van der Waals surface area contributed by atoms with Crippen LogP contribution in [-0.2, 0) is 5.75 Å². The second-order valence-corrected chi connectivity index (χ2v) is 8.82. The fourth-order valence-corrected chi connectivity index (χ4v) is 5.23. The molecular weight excluding hydrogens is 416 g/mol. The summed E-state index contributed by atoms with van der Waals surface area (Å²) in [4.78, 5) is 17.2. The summed E-state index contributed by atoms with van der Waals surface area (Å²) in [5, 5.41) is 3.11. The molecule has 3 nitrogen and oxygen atoms in total. The second kappa shape index (κ2) is 8.92. The van der Waals surface area contributed by atoms with E-state index < -0.39 is 0 Å². The Morgan fingerprint density at radius 1 is 1.28 bits per heavy atom. The Hall–Kier alpha value is -1.24. The van der Waals surface area contributed by atoms with E-state index in [-0.39, 0.29) is 11.9 Å². The Kier molecular flexibility index (Phi) is 6.62.